The van der Waals surface area contributed by atoms with Crippen molar-refractivity contribution in [3.63, 3.8) is 0 Å². The molecule has 0 saturated carbocycles. The molecule has 4 aromatic rings. The van der Waals surface area contributed by atoms with Crippen LogP contribution in [0.3, 0.4) is 0 Å². The molecular weight excluding hydrogens is 522 g/mol. The maximum absolute atomic E-state index is 12.8. The summed E-state index contributed by atoms with van der Waals surface area (Å²) in [6, 6.07) is 17.3. The minimum absolute atomic E-state index is 0.0534. The van der Waals surface area contributed by atoms with E-state index in [4.69, 9.17) is 16.3 Å². The van der Waals surface area contributed by atoms with Gasteiger partial charge in [0.05, 0.1) is 14.9 Å². The van der Waals surface area contributed by atoms with Crippen molar-refractivity contribution < 1.29 is 19.4 Å². The van der Waals surface area contributed by atoms with Crippen LogP contribution in [0, 0.1) is 27.2 Å². The quantitative estimate of drug-likeness (QED) is 0.198. The number of amides is 1. The number of nitrogens with zero attached hydrogens (tertiary/aromatic N) is 4. The first kappa shape index (κ1) is 25.7. The number of anilines is 1. The Morgan fingerprint density at radius 3 is 2.41 bits per heavy atom. The van der Waals surface area contributed by atoms with Gasteiger partial charge >= 0.3 is 0 Å². The highest BCUT2D eigenvalue weighted by Gasteiger charge is 2.16. The van der Waals surface area contributed by atoms with E-state index >= 15 is 0 Å². The number of aryl methyl sites for hydroxylation is 1. The van der Waals surface area contributed by atoms with E-state index in [-0.39, 0.29) is 40.3 Å². The molecule has 1 aromatic heterocycles. The summed E-state index contributed by atoms with van der Waals surface area (Å²) in [5, 5.41) is 29.1. The zero-order valence-electron chi connectivity index (χ0n) is 19.2. The molecule has 1 N–H and O–H groups in total. The largest absolute Gasteiger partial charge is 0.470 e. The van der Waals surface area contributed by atoms with Gasteiger partial charge in [-0.3, -0.25) is 25.0 Å². The third kappa shape index (κ3) is 6.63. The van der Waals surface area contributed by atoms with Gasteiger partial charge < -0.3 is 10.1 Å². The molecule has 3 aromatic carbocycles. The summed E-state index contributed by atoms with van der Waals surface area (Å²) >= 11 is 7.36. The smallest absolute Gasteiger partial charge is 0.276 e. The highest BCUT2D eigenvalue weighted by molar-refractivity contribution is 7.99. The number of benzene rings is 3. The molecule has 13 heteroatoms. The van der Waals surface area contributed by atoms with Gasteiger partial charge in [0.25, 0.3) is 17.3 Å². The number of hydrogen-bond donors (Lipinski definition) is 1. The van der Waals surface area contributed by atoms with Crippen LogP contribution in [0.1, 0.15) is 16.1 Å². The van der Waals surface area contributed by atoms with Crippen molar-refractivity contribution in [2.75, 3.05) is 5.32 Å². The van der Waals surface area contributed by atoms with Crippen molar-refractivity contribution in [1.29, 1.82) is 0 Å². The van der Waals surface area contributed by atoms with Crippen molar-refractivity contribution in [2.24, 2.45) is 0 Å². The van der Waals surface area contributed by atoms with E-state index in [2.05, 4.69) is 10.4 Å². The van der Waals surface area contributed by atoms with Crippen molar-refractivity contribution in [1.82, 2.24) is 9.78 Å². The van der Waals surface area contributed by atoms with Crippen LogP contribution in [-0.4, -0.2) is 25.5 Å². The van der Waals surface area contributed by atoms with Crippen LogP contribution in [0.2, 0.25) is 5.02 Å². The van der Waals surface area contributed by atoms with Gasteiger partial charge in [0.1, 0.15) is 5.75 Å². The zero-order valence-corrected chi connectivity index (χ0v) is 20.7. The molecule has 0 aliphatic rings. The van der Waals surface area contributed by atoms with Gasteiger partial charge in [-0.25, -0.2) is 4.68 Å². The van der Waals surface area contributed by atoms with Crippen molar-refractivity contribution in [3.8, 4) is 5.75 Å². The summed E-state index contributed by atoms with van der Waals surface area (Å²) in [6.45, 7) is 1.85. The predicted octanol–water partition coefficient (Wildman–Crippen LogP) is 6.10. The number of carbonyl (C=O) groups excluding carboxylic acids is 1. The Hall–Kier alpha value is -4.42. The molecule has 188 valence electrons. The highest BCUT2D eigenvalue weighted by atomic mass is 35.5. The molecule has 0 atom stereocenters. The lowest BCUT2D eigenvalue weighted by Crippen LogP contribution is -2.14. The molecule has 0 radical (unpaired) electrons. The molecular formula is C24H18ClN5O6S. The van der Waals surface area contributed by atoms with Crippen LogP contribution in [0.4, 0.5) is 17.1 Å². The Balaban J connectivity index is 1.44. The van der Waals surface area contributed by atoms with E-state index in [9.17, 15) is 25.0 Å². The molecule has 0 fully saturated rings. The standard InChI is InChI=1S/C24H18ClN5O6S/c1-15-2-5-19(6-3-15)37-20-11-16(10-18(12-20)30(34)35)26-24(31)22-8-9-28(27-22)14-36-23-7-4-17(29(32)33)13-21(23)25/h2-13H,14H2,1H3,(H,26,31). The molecule has 0 aliphatic carbocycles. The monoisotopic (exact) mass is 539 g/mol. The molecule has 0 unspecified atom stereocenters. The van der Waals surface area contributed by atoms with E-state index in [1.807, 2.05) is 31.2 Å². The third-order valence-corrected chi connectivity index (χ3v) is 6.24. The Bertz CT molecular complexity index is 1490. The topological polar surface area (TPSA) is 142 Å². The number of ether oxygens (including phenoxy) is 1. The highest BCUT2D eigenvalue weighted by Crippen LogP contribution is 2.33. The second kappa shape index (κ2) is 11.1. The number of nitro groups is 2. The summed E-state index contributed by atoms with van der Waals surface area (Å²) in [5.74, 6) is -0.358. The first-order valence-electron chi connectivity index (χ1n) is 10.6. The third-order valence-electron chi connectivity index (χ3n) is 4.97. The van der Waals surface area contributed by atoms with Crippen LogP contribution in [0.15, 0.2) is 82.7 Å². The van der Waals surface area contributed by atoms with Gasteiger partial charge in [-0.2, -0.15) is 5.10 Å². The van der Waals surface area contributed by atoms with Crippen molar-refractivity contribution >= 4 is 46.3 Å². The van der Waals surface area contributed by atoms with E-state index in [0.29, 0.717) is 4.90 Å². The Morgan fingerprint density at radius 1 is 1.00 bits per heavy atom. The fourth-order valence-electron chi connectivity index (χ4n) is 3.17. The number of non-ortho nitro benzene ring substituents is 2. The van der Waals surface area contributed by atoms with Crippen LogP contribution in [0.5, 0.6) is 5.75 Å². The van der Waals surface area contributed by atoms with Crippen LogP contribution in [-0.2, 0) is 6.73 Å². The predicted molar refractivity (Wildman–Crippen MR) is 137 cm³/mol. The van der Waals surface area contributed by atoms with E-state index < -0.39 is 15.8 Å². The molecule has 0 aliphatic heterocycles. The first-order chi connectivity index (χ1) is 17.7. The average molecular weight is 540 g/mol. The lowest BCUT2D eigenvalue weighted by molar-refractivity contribution is -0.385. The van der Waals surface area contributed by atoms with Crippen LogP contribution >= 0.6 is 23.4 Å². The lowest BCUT2D eigenvalue weighted by atomic mass is 10.2. The van der Waals surface area contributed by atoms with Gasteiger partial charge in [-0.1, -0.05) is 41.1 Å². The Labute approximate surface area is 219 Å². The normalized spacial score (nSPS) is 10.6. The molecule has 1 heterocycles. The maximum Gasteiger partial charge on any atom is 0.276 e. The molecule has 0 spiro atoms. The summed E-state index contributed by atoms with van der Waals surface area (Å²) in [7, 11) is 0. The minimum Gasteiger partial charge on any atom is -0.470 e. The maximum atomic E-state index is 12.8. The summed E-state index contributed by atoms with van der Waals surface area (Å²) in [6.07, 6.45) is 1.50. The Morgan fingerprint density at radius 2 is 1.73 bits per heavy atom. The lowest BCUT2D eigenvalue weighted by Gasteiger charge is -2.08. The SMILES string of the molecule is Cc1ccc(Sc2cc(NC(=O)c3ccn(COc4ccc([N+](=O)[O-])cc4Cl)n3)cc([N+](=O)[O-])c2)cc1. The van der Waals surface area contributed by atoms with E-state index in [0.717, 1.165) is 10.5 Å². The van der Waals surface area contributed by atoms with Crippen LogP contribution in [0.25, 0.3) is 0 Å². The number of halogens is 1. The second-order valence-corrected chi connectivity index (χ2v) is 9.28. The van der Waals surface area contributed by atoms with Gasteiger partial charge in [0, 0.05) is 45.9 Å². The number of hydrogen-bond acceptors (Lipinski definition) is 8. The van der Waals surface area contributed by atoms with Gasteiger partial charge in [-0.05, 0) is 37.3 Å². The van der Waals surface area contributed by atoms with Gasteiger partial charge in [-0.15, -0.1) is 0 Å². The van der Waals surface area contributed by atoms with Crippen LogP contribution < -0.4 is 10.1 Å². The average Bonchev–Trinajstić information content (AvgIpc) is 3.34. The number of rotatable bonds is 9. The number of carbonyl (C=O) groups is 1. The van der Waals surface area contributed by atoms with Gasteiger partial charge in [0.2, 0.25) is 0 Å². The number of nitro benzene ring substituents is 2. The summed E-state index contributed by atoms with van der Waals surface area (Å²) in [5.41, 5.74) is 1.07. The first-order valence-corrected chi connectivity index (χ1v) is 11.8. The molecule has 4 rings (SSSR count). The van der Waals surface area contributed by atoms with Crippen molar-refractivity contribution in [2.45, 2.75) is 23.4 Å². The van der Waals surface area contributed by atoms with Crippen molar-refractivity contribution in [3.05, 3.63) is 109 Å². The molecule has 0 bridgehead atoms. The zero-order chi connectivity index (χ0) is 26.5. The minimum atomic E-state index is -0.570. The molecule has 37 heavy (non-hydrogen) atoms. The second-order valence-electron chi connectivity index (χ2n) is 7.73. The molecule has 1 amide bonds. The molecule has 0 saturated heterocycles. The fraction of sp³-hybridized carbons (Fsp3) is 0.0833. The van der Waals surface area contributed by atoms with Gasteiger partial charge in [0.15, 0.2) is 12.4 Å². The summed E-state index contributed by atoms with van der Waals surface area (Å²) in [4.78, 5) is 35.4. The Kier molecular flexibility index (Phi) is 7.70. The summed E-state index contributed by atoms with van der Waals surface area (Å²) < 4.78 is 6.86. The van der Waals surface area contributed by atoms with E-state index in [1.54, 1.807) is 6.07 Å². The number of nitrogens with one attached hydrogen (secondary N) is 1. The fourth-order valence-corrected chi connectivity index (χ4v) is 4.31. The number of aromatic nitrogens is 2. The van der Waals surface area contributed by atoms with E-state index in [1.165, 1.54) is 59.0 Å². The molecule has 11 nitrogen and oxygen atoms in total.